The van der Waals surface area contributed by atoms with Gasteiger partial charge in [0.25, 0.3) is 0 Å². The number of piperazine rings is 1. The van der Waals surface area contributed by atoms with Gasteiger partial charge >= 0.3 is 17.8 Å². The minimum absolute atomic E-state index is 0.0519. The van der Waals surface area contributed by atoms with E-state index in [9.17, 15) is 19.2 Å². The highest BCUT2D eigenvalue weighted by Crippen LogP contribution is 2.09. The molecule has 3 amide bonds. The number of hydrogen-bond acceptors (Lipinski definition) is 6. The fourth-order valence-corrected chi connectivity index (χ4v) is 2.89. The van der Waals surface area contributed by atoms with Crippen molar-refractivity contribution < 1.29 is 23.9 Å². The molecule has 1 aliphatic heterocycles. The van der Waals surface area contributed by atoms with Crippen LogP contribution in [0.1, 0.15) is 25.8 Å². The van der Waals surface area contributed by atoms with Gasteiger partial charge in [0.2, 0.25) is 5.91 Å². The molecule has 0 saturated carbocycles. The lowest BCUT2D eigenvalue weighted by molar-refractivity contribution is -0.157. The molecule has 0 aromatic carbocycles. The molecule has 9 nitrogen and oxygen atoms in total. The van der Waals surface area contributed by atoms with E-state index in [1.807, 2.05) is 6.07 Å². The van der Waals surface area contributed by atoms with E-state index < -0.39 is 17.8 Å². The minimum atomic E-state index is -0.673. The topological polar surface area (TPSA) is 100 Å². The minimum Gasteiger partial charge on any atom is -0.466 e. The Morgan fingerprint density at radius 3 is 2.54 bits per heavy atom. The molecular weight excluding hydrogens is 364 g/mol. The number of pyridine rings is 1. The summed E-state index contributed by atoms with van der Waals surface area (Å²) >= 11 is 0. The highest BCUT2D eigenvalue weighted by atomic mass is 16.5. The lowest BCUT2D eigenvalue weighted by Gasteiger charge is -2.34. The van der Waals surface area contributed by atoms with Crippen molar-refractivity contribution in [3.05, 3.63) is 30.1 Å². The molecule has 2 heterocycles. The summed E-state index contributed by atoms with van der Waals surface area (Å²) in [6.45, 7) is 5.17. The van der Waals surface area contributed by atoms with Crippen molar-refractivity contribution in [2.75, 3.05) is 39.3 Å². The monoisotopic (exact) mass is 390 g/mol. The van der Waals surface area contributed by atoms with Crippen LogP contribution in [-0.4, -0.2) is 82.7 Å². The van der Waals surface area contributed by atoms with Gasteiger partial charge in [0.05, 0.1) is 13.0 Å². The fourth-order valence-electron chi connectivity index (χ4n) is 2.89. The SMILES string of the molecule is CCOC(=O)CCN(Cc1cccnc1)C(=O)CN1CCN(CC)C(=O)C1=O. The first-order valence-corrected chi connectivity index (χ1v) is 9.36. The average Bonchev–Trinajstić information content (AvgIpc) is 2.69. The van der Waals surface area contributed by atoms with Crippen molar-refractivity contribution in [1.82, 2.24) is 19.7 Å². The van der Waals surface area contributed by atoms with Gasteiger partial charge in [-0.3, -0.25) is 24.2 Å². The number of carbonyl (C=O) groups excluding carboxylic acids is 4. The van der Waals surface area contributed by atoms with Crippen molar-refractivity contribution in [2.45, 2.75) is 26.8 Å². The van der Waals surface area contributed by atoms with E-state index in [4.69, 9.17) is 4.74 Å². The lowest BCUT2D eigenvalue weighted by Crippen LogP contribution is -2.56. The third kappa shape index (κ3) is 5.77. The maximum atomic E-state index is 12.8. The van der Waals surface area contributed by atoms with Gasteiger partial charge in [-0.25, -0.2) is 0 Å². The molecule has 0 atom stereocenters. The molecular formula is C19H26N4O5. The maximum absolute atomic E-state index is 12.8. The van der Waals surface area contributed by atoms with Crippen molar-refractivity contribution in [1.29, 1.82) is 0 Å². The Hall–Kier alpha value is -2.97. The molecule has 1 aliphatic rings. The molecule has 0 aliphatic carbocycles. The Morgan fingerprint density at radius 2 is 1.89 bits per heavy atom. The first kappa shape index (κ1) is 21.3. The first-order valence-electron chi connectivity index (χ1n) is 9.36. The van der Waals surface area contributed by atoms with Crippen LogP contribution >= 0.6 is 0 Å². The van der Waals surface area contributed by atoms with Gasteiger partial charge in [0.1, 0.15) is 6.54 Å². The van der Waals surface area contributed by atoms with E-state index in [1.165, 1.54) is 14.7 Å². The van der Waals surface area contributed by atoms with Crippen LogP contribution in [0.25, 0.3) is 0 Å². The normalized spacial score (nSPS) is 14.2. The Bertz CT molecular complexity index is 710. The number of likely N-dealkylation sites (N-methyl/N-ethyl adjacent to an activating group) is 1. The molecule has 9 heteroatoms. The zero-order valence-electron chi connectivity index (χ0n) is 16.3. The van der Waals surface area contributed by atoms with Gasteiger partial charge in [-0.2, -0.15) is 0 Å². The van der Waals surface area contributed by atoms with Crippen LogP contribution in [-0.2, 0) is 30.5 Å². The quantitative estimate of drug-likeness (QED) is 0.436. The fraction of sp³-hybridized carbons (Fsp3) is 0.526. The Kier molecular flexibility index (Phi) is 7.91. The van der Waals surface area contributed by atoms with Crippen LogP contribution in [0.2, 0.25) is 0 Å². The third-order valence-electron chi connectivity index (χ3n) is 4.45. The Balaban J connectivity index is 2.04. The van der Waals surface area contributed by atoms with Gasteiger partial charge in [-0.15, -0.1) is 0 Å². The second-order valence-electron chi connectivity index (χ2n) is 6.34. The number of nitrogens with zero attached hydrogens (tertiary/aromatic N) is 4. The maximum Gasteiger partial charge on any atom is 0.312 e. The average molecular weight is 390 g/mol. The molecule has 0 unspecified atom stereocenters. The number of carbonyl (C=O) groups is 4. The second kappa shape index (κ2) is 10.4. The molecule has 0 radical (unpaired) electrons. The number of esters is 1. The summed E-state index contributed by atoms with van der Waals surface area (Å²) in [7, 11) is 0. The summed E-state index contributed by atoms with van der Waals surface area (Å²) in [6.07, 6.45) is 3.32. The standard InChI is InChI=1S/C19H26N4O5/c1-3-21-10-11-23(19(27)18(21)26)14-16(24)22(9-7-17(25)28-4-2)13-15-6-5-8-20-12-15/h5-6,8,12H,3-4,7,9-11,13-14H2,1-2H3. The summed E-state index contributed by atoms with van der Waals surface area (Å²) in [6, 6.07) is 3.59. The molecule has 2 rings (SSSR count). The second-order valence-corrected chi connectivity index (χ2v) is 6.34. The molecule has 0 bridgehead atoms. The van der Waals surface area contributed by atoms with Gasteiger partial charge in [-0.1, -0.05) is 6.07 Å². The van der Waals surface area contributed by atoms with Crippen LogP contribution in [0.4, 0.5) is 0 Å². The Labute approximate surface area is 164 Å². The smallest absolute Gasteiger partial charge is 0.312 e. The van der Waals surface area contributed by atoms with Gasteiger partial charge < -0.3 is 19.4 Å². The van der Waals surface area contributed by atoms with Crippen LogP contribution < -0.4 is 0 Å². The van der Waals surface area contributed by atoms with E-state index >= 15 is 0 Å². The van der Waals surface area contributed by atoms with E-state index in [0.29, 0.717) is 19.6 Å². The molecule has 1 aromatic heterocycles. The van der Waals surface area contributed by atoms with E-state index in [2.05, 4.69) is 4.98 Å². The summed E-state index contributed by atoms with van der Waals surface area (Å²) in [5.74, 6) is -1.99. The van der Waals surface area contributed by atoms with Crippen molar-refractivity contribution in [2.24, 2.45) is 0 Å². The summed E-state index contributed by atoms with van der Waals surface area (Å²) in [4.78, 5) is 57.0. The first-order chi connectivity index (χ1) is 13.5. The van der Waals surface area contributed by atoms with E-state index in [0.717, 1.165) is 5.56 Å². The molecule has 152 valence electrons. The van der Waals surface area contributed by atoms with Crippen LogP contribution in [0.3, 0.4) is 0 Å². The number of hydrogen-bond donors (Lipinski definition) is 0. The lowest BCUT2D eigenvalue weighted by atomic mass is 10.2. The molecule has 1 fully saturated rings. The van der Waals surface area contributed by atoms with Crippen LogP contribution in [0.5, 0.6) is 0 Å². The molecule has 1 aromatic rings. The molecule has 1 saturated heterocycles. The van der Waals surface area contributed by atoms with E-state index in [1.54, 1.807) is 32.3 Å². The van der Waals surface area contributed by atoms with Crippen molar-refractivity contribution in [3.63, 3.8) is 0 Å². The highest BCUT2D eigenvalue weighted by molar-refractivity contribution is 6.35. The predicted octanol–water partition coefficient (Wildman–Crippen LogP) is 0.0541. The van der Waals surface area contributed by atoms with Crippen LogP contribution in [0, 0.1) is 0 Å². The predicted molar refractivity (Wildman–Crippen MR) is 99.7 cm³/mol. The van der Waals surface area contributed by atoms with Gasteiger partial charge in [-0.05, 0) is 25.5 Å². The summed E-state index contributed by atoms with van der Waals surface area (Å²) in [5, 5.41) is 0. The molecule has 0 spiro atoms. The van der Waals surface area contributed by atoms with E-state index in [-0.39, 0.29) is 38.6 Å². The van der Waals surface area contributed by atoms with Crippen molar-refractivity contribution in [3.8, 4) is 0 Å². The van der Waals surface area contributed by atoms with Crippen LogP contribution in [0.15, 0.2) is 24.5 Å². The zero-order valence-corrected chi connectivity index (χ0v) is 16.3. The van der Waals surface area contributed by atoms with Gasteiger partial charge in [0, 0.05) is 45.1 Å². The third-order valence-corrected chi connectivity index (χ3v) is 4.45. The largest absolute Gasteiger partial charge is 0.466 e. The number of ether oxygens (including phenoxy) is 1. The Morgan fingerprint density at radius 1 is 1.18 bits per heavy atom. The van der Waals surface area contributed by atoms with Gasteiger partial charge in [0.15, 0.2) is 0 Å². The highest BCUT2D eigenvalue weighted by Gasteiger charge is 2.33. The summed E-state index contributed by atoms with van der Waals surface area (Å²) in [5.41, 5.74) is 0.804. The number of aromatic nitrogens is 1. The summed E-state index contributed by atoms with van der Waals surface area (Å²) < 4.78 is 4.92. The molecule has 0 N–H and O–H groups in total. The van der Waals surface area contributed by atoms with Crippen molar-refractivity contribution >= 4 is 23.7 Å². The number of rotatable bonds is 9. The molecule has 28 heavy (non-hydrogen) atoms. The zero-order chi connectivity index (χ0) is 20.5. The number of amides is 3.